The number of nitrogens with zero attached hydrogens (tertiary/aromatic N) is 2. The van der Waals surface area contributed by atoms with Crippen LogP contribution in [0.15, 0.2) is 29.3 Å². The summed E-state index contributed by atoms with van der Waals surface area (Å²) in [5.74, 6) is 0.910. The van der Waals surface area contributed by atoms with E-state index in [9.17, 15) is 9.59 Å². The van der Waals surface area contributed by atoms with Crippen LogP contribution in [0.5, 0.6) is 0 Å². The monoisotopic (exact) mass is 385 g/mol. The van der Waals surface area contributed by atoms with E-state index in [2.05, 4.69) is 25.8 Å². The van der Waals surface area contributed by atoms with Crippen molar-refractivity contribution in [2.24, 2.45) is 16.6 Å². The molecule has 1 aliphatic heterocycles. The number of ketones is 1. The van der Waals surface area contributed by atoms with Crippen molar-refractivity contribution >= 4 is 17.6 Å². The number of hydrogen-bond donors (Lipinski definition) is 1. The van der Waals surface area contributed by atoms with E-state index in [1.807, 2.05) is 31.2 Å². The van der Waals surface area contributed by atoms with Crippen LogP contribution in [0.4, 0.5) is 0 Å². The van der Waals surface area contributed by atoms with Crippen LogP contribution >= 0.6 is 0 Å². The largest absolute Gasteiger partial charge is 0.369 e. The number of amides is 1. The Balaban J connectivity index is 1.91. The lowest BCUT2D eigenvalue weighted by molar-refractivity contribution is -0.131. The zero-order valence-corrected chi connectivity index (χ0v) is 17.8. The normalized spacial score (nSPS) is 19.4. The highest BCUT2D eigenvalue weighted by molar-refractivity contribution is 6.06. The second kappa shape index (κ2) is 9.85. The smallest absolute Gasteiger partial charge is 0.257 e. The molecular weight excluding hydrogens is 350 g/mol. The minimum absolute atomic E-state index is 0.0370. The summed E-state index contributed by atoms with van der Waals surface area (Å²) >= 11 is 0. The van der Waals surface area contributed by atoms with Crippen molar-refractivity contribution in [1.29, 1.82) is 0 Å². The molecular formula is C23H35N3O2. The number of aliphatic imine (C=N–C) groups is 1. The van der Waals surface area contributed by atoms with Crippen molar-refractivity contribution in [2.75, 3.05) is 0 Å². The molecule has 1 heterocycles. The average Bonchev–Trinajstić information content (AvgIpc) is 2.82. The van der Waals surface area contributed by atoms with Gasteiger partial charge in [-0.2, -0.15) is 0 Å². The lowest BCUT2D eigenvalue weighted by Crippen LogP contribution is -2.43. The van der Waals surface area contributed by atoms with Crippen molar-refractivity contribution < 1.29 is 9.59 Å². The highest BCUT2D eigenvalue weighted by Gasteiger charge is 2.43. The highest BCUT2D eigenvalue weighted by atomic mass is 16.2. The predicted octanol–water partition coefficient (Wildman–Crippen LogP) is 4.23. The quantitative estimate of drug-likeness (QED) is 0.579. The second-order valence-corrected chi connectivity index (χ2v) is 8.58. The standard InChI is InChI=1S/C23H35N3O2/c1-5-6-7-8-9-20(27)14-18-10-12-19(13-11-18)16-26-21(28)23(4,15-17(2)3)25-22(26)24/h10-13,17H,5-9,14-16H2,1-4H3,(H2,24,25). The van der Waals surface area contributed by atoms with E-state index in [1.165, 1.54) is 12.8 Å². The van der Waals surface area contributed by atoms with E-state index in [-0.39, 0.29) is 5.91 Å². The van der Waals surface area contributed by atoms with Gasteiger partial charge in [0, 0.05) is 12.8 Å². The molecule has 1 aromatic carbocycles. The summed E-state index contributed by atoms with van der Waals surface area (Å²) in [7, 11) is 0. The van der Waals surface area contributed by atoms with Gasteiger partial charge in [-0.15, -0.1) is 0 Å². The molecule has 0 saturated heterocycles. The van der Waals surface area contributed by atoms with Crippen LogP contribution in [0.25, 0.3) is 0 Å². The number of rotatable bonds is 11. The maximum atomic E-state index is 12.8. The molecule has 5 heteroatoms. The summed E-state index contributed by atoms with van der Waals surface area (Å²) in [5.41, 5.74) is 7.28. The third-order valence-corrected chi connectivity index (χ3v) is 5.22. The average molecular weight is 386 g/mol. The summed E-state index contributed by atoms with van der Waals surface area (Å²) in [5, 5.41) is 0. The Kier molecular flexibility index (Phi) is 7.78. The van der Waals surface area contributed by atoms with Crippen LogP contribution in [-0.2, 0) is 22.6 Å². The molecule has 1 aromatic rings. The summed E-state index contributed by atoms with van der Waals surface area (Å²) in [4.78, 5) is 30.9. The highest BCUT2D eigenvalue weighted by Crippen LogP contribution is 2.29. The molecule has 2 N–H and O–H groups in total. The first-order chi connectivity index (χ1) is 13.2. The molecule has 0 aromatic heterocycles. The Bertz CT molecular complexity index is 709. The number of benzene rings is 1. The van der Waals surface area contributed by atoms with Gasteiger partial charge >= 0.3 is 0 Å². The first kappa shape index (κ1) is 22.1. The molecule has 0 fully saturated rings. The van der Waals surface area contributed by atoms with Crippen molar-refractivity contribution in [3.63, 3.8) is 0 Å². The van der Waals surface area contributed by atoms with Crippen LogP contribution in [0, 0.1) is 5.92 Å². The van der Waals surface area contributed by atoms with Crippen LogP contribution in [0.3, 0.4) is 0 Å². The SMILES string of the molecule is CCCCCCC(=O)Cc1ccc(CN2C(=O)C(C)(CC(C)C)N=C2N)cc1. The maximum absolute atomic E-state index is 12.8. The van der Waals surface area contributed by atoms with Gasteiger partial charge in [-0.3, -0.25) is 14.5 Å². The molecule has 0 radical (unpaired) electrons. The van der Waals surface area contributed by atoms with Crippen molar-refractivity contribution in [2.45, 2.75) is 84.7 Å². The molecule has 5 nitrogen and oxygen atoms in total. The molecule has 154 valence electrons. The first-order valence-electron chi connectivity index (χ1n) is 10.5. The van der Waals surface area contributed by atoms with E-state index in [0.29, 0.717) is 43.5 Å². The first-order valence-corrected chi connectivity index (χ1v) is 10.5. The zero-order valence-electron chi connectivity index (χ0n) is 17.8. The Morgan fingerprint density at radius 1 is 1.14 bits per heavy atom. The Hall–Kier alpha value is -2.17. The molecule has 1 atom stereocenters. The predicted molar refractivity (Wildman–Crippen MR) is 114 cm³/mol. The number of nitrogens with two attached hydrogens (primary N) is 1. The van der Waals surface area contributed by atoms with Gasteiger partial charge < -0.3 is 5.73 Å². The van der Waals surface area contributed by atoms with Gasteiger partial charge in [-0.05, 0) is 36.8 Å². The molecule has 1 aliphatic rings. The van der Waals surface area contributed by atoms with E-state index < -0.39 is 5.54 Å². The number of guanidine groups is 1. The molecule has 2 rings (SSSR count). The summed E-state index contributed by atoms with van der Waals surface area (Å²) in [6, 6.07) is 7.89. The van der Waals surface area contributed by atoms with E-state index in [0.717, 1.165) is 24.0 Å². The molecule has 28 heavy (non-hydrogen) atoms. The lowest BCUT2D eigenvalue weighted by atomic mass is 9.91. The van der Waals surface area contributed by atoms with E-state index in [4.69, 9.17) is 5.73 Å². The number of unbranched alkanes of at least 4 members (excludes halogenated alkanes) is 3. The minimum atomic E-state index is -0.762. The van der Waals surface area contributed by atoms with Crippen molar-refractivity contribution in [1.82, 2.24) is 4.90 Å². The van der Waals surface area contributed by atoms with Gasteiger partial charge in [0.1, 0.15) is 11.3 Å². The molecule has 1 amide bonds. The fourth-order valence-electron chi connectivity index (χ4n) is 3.85. The summed E-state index contributed by atoms with van der Waals surface area (Å²) in [6.45, 7) is 8.60. The van der Waals surface area contributed by atoms with Gasteiger partial charge in [-0.25, -0.2) is 4.99 Å². The van der Waals surface area contributed by atoms with E-state index in [1.54, 1.807) is 4.90 Å². The Labute approximate surface area is 169 Å². The fraction of sp³-hybridized carbons (Fsp3) is 0.609. The van der Waals surface area contributed by atoms with Gasteiger partial charge in [0.25, 0.3) is 5.91 Å². The molecule has 1 unspecified atom stereocenters. The lowest BCUT2D eigenvalue weighted by Gasteiger charge is -2.23. The number of hydrogen-bond acceptors (Lipinski definition) is 4. The van der Waals surface area contributed by atoms with Gasteiger partial charge in [0.15, 0.2) is 5.96 Å². The third-order valence-electron chi connectivity index (χ3n) is 5.22. The fourth-order valence-corrected chi connectivity index (χ4v) is 3.85. The molecule has 0 saturated carbocycles. The van der Waals surface area contributed by atoms with Gasteiger partial charge in [0.05, 0.1) is 6.54 Å². The van der Waals surface area contributed by atoms with E-state index >= 15 is 0 Å². The second-order valence-electron chi connectivity index (χ2n) is 8.58. The minimum Gasteiger partial charge on any atom is -0.369 e. The topological polar surface area (TPSA) is 75.8 Å². The third kappa shape index (κ3) is 5.91. The number of carbonyl (C=O) groups is 2. The molecule has 0 bridgehead atoms. The van der Waals surface area contributed by atoms with Crippen LogP contribution in [-0.4, -0.2) is 28.1 Å². The molecule has 0 spiro atoms. The van der Waals surface area contributed by atoms with Crippen LogP contribution in [0.2, 0.25) is 0 Å². The Morgan fingerprint density at radius 3 is 2.39 bits per heavy atom. The van der Waals surface area contributed by atoms with Crippen molar-refractivity contribution in [3.05, 3.63) is 35.4 Å². The number of Topliss-reactive ketones (excluding diaryl/α,β-unsaturated/α-hetero) is 1. The van der Waals surface area contributed by atoms with Crippen LogP contribution in [0.1, 0.15) is 77.3 Å². The summed E-state index contributed by atoms with van der Waals surface area (Å²) < 4.78 is 0. The Morgan fingerprint density at radius 2 is 1.79 bits per heavy atom. The molecule has 0 aliphatic carbocycles. The number of carbonyl (C=O) groups excluding carboxylic acids is 2. The van der Waals surface area contributed by atoms with Gasteiger partial charge in [0.2, 0.25) is 0 Å². The summed E-state index contributed by atoms with van der Waals surface area (Å²) in [6.07, 6.45) is 6.30. The van der Waals surface area contributed by atoms with Gasteiger partial charge in [-0.1, -0.05) is 64.3 Å². The van der Waals surface area contributed by atoms with Crippen molar-refractivity contribution in [3.8, 4) is 0 Å². The maximum Gasteiger partial charge on any atom is 0.257 e. The zero-order chi connectivity index (χ0) is 20.7. The van der Waals surface area contributed by atoms with Crippen LogP contribution < -0.4 is 5.73 Å².